The Bertz CT molecular complexity index is 774. The molecule has 0 aliphatic heterocycles. The third-order valence-electron chi connectivity index (χ3n) is 3.51. The van der Waals surface area contributed by atoms with Crippen LogP contribution in [0, 0.1) is 6.92 Å². The fourth-order valence-electron chi connectivity index (χ4n) is 2.34. The summed E-state index contributed by atoms with van der Waals surface area (Å²) in [4.78, 5) is 2.52. The van der Waals surface area contributed by atoms with E-state index >= 15 is 0 Å². The Morgan fingerprint density at radius 2 is 1.90 bits per heavy atom. The van der Waals surface area contributed by atoms with Crippen LogP contribution >= 0.6 is 0 Å². The van der Waals surface area contributed by atoms with E-state index in [1.807, 2.05) is 13.0 Å². The summed E-state index contributed by atoms with van der Waals surface area (Å²) >= 11 is 0. The Morgan fingerprint density at radius 1 is 1.14 bits per heavy atom. The number of nitrogens with zero attached hydrogens (tertiary/aromatic N) is 1. The molecule has 0 saturated heterocycles. The molecule has 1 heterocycles. The predicted octanol–water partition coefficient (Wildman–Crippen LogP) is 2.61. The minimum Gasteiger partial charge on any atom is -0.469 e. The minimum absolute atomic E-state index is 0.209. The Hall–Kier alpha value is -2.08. The van der Waals surface area contributed by atoms with Crippen molar-refractivity contribution in [2.45, 2.75) is 31.1 Å². The number of aryl methyl sites for hydroxylation is 2. The van der Waals surface area contributed by atoms with Gasteiger partial charge in [-0.25, -0.2) is 0 Å². The number of nitrogens with one attached hydrogen (secondary N) is 1. The number of sulfonamides is 1. The second-order valence-corrected chi connectivity index (χ2v) is 6.74. The molecule has 2 aromatic rings. The molecule has 21 heavy (non-hydrogen) atoms. The van der Waals surface area contributed by atoms with Gasteiger partial charge in [0.15, 0.2) is 0 Å². The van der Waals surface area contributed by atoms with Crippen LogP contribution in [0.4, 0.5) is 0 Å². The minimum atomic E-state index is -3.63. The van der Waals surface area contributed by atoms with Gasteiger partial charge in [-0.2, -0.15) is 18.4 Å². The van der Waals surface area contributed by atoms with Crippen molar-refractivity contribution in [3.63, 3.8) is 0 Å². The van der Waals surface area contributed by atoms with E-state index in [1.165, 1.54) is 0 Å². The zero-order chi connectivity index (χ0) is 14.9. The van der Waals surface area contributed by atoms with Crippen molar-refractivity contribution in [1.82, 2.24) is 4.83 Å². The van der Waals surface area contributed by atoms with Crippen molar-refractivity contribution in [3.8, 4) is 0 Å². The molecule has 0 saturated carbocycles. The zero-order valence-corrected chi connectivity index (χ0v) is 12.5. The third kappa shape index (κ3) is 2.85. The van der Waals surface area contributed by atoms with Gasteiger partial charge in [-0.1, -0.05) is 17.7 Å². The van der Waals surface area contributed by atoms with E-state index in [1.54, 1.807) is 30.5 Å². The van der Waals surface area contributed by atoms with Gasteiger partial charge in [0.25, 0.3) is 10.0 Å². The summed E-state index contributed by atoms with van der Waals surface area (Å²) in [5, 5.41) is 4.09. The molecule has 110 valence electrons. The maximum atomic E-state index is 12.2. The normalized spacial score (nSPS) is 16.7. The molecule has 0 fully saturated rings. The Kier molecular flexibility index (Phi) is 3.55. The number of hydrogen-bond acceptors (Lipinski definition) is 4. The van der Waals surface area contributed by atoms with Gasteiger partial charge in [0.1, 0.15) is 5.76 Å². The van der Waals surface area contributed by atoms with Crippen LogP contribution in [0.25, 0.3) is 0 Å². The Morgan fingerprint density at radius 3 is 2.67 bits per heavy atom. The molecule has 0 atom stereocenters. The molecule has 1 aliphatic rings. The first-order chi connectivity index (χ1) is 10.1. The average molecular weight is 304 g/mol. The van der Waals surface area contributed by atoms with Crippen molar-refractivity contribution in [1.29, 1.82) is 0 Å². The predicted molar refractivity (Wildman–Crippen MR) is 79.7 cm³/mol. The van der Waals surface area contributed by atoms with E-state index in [0.29, 0.717) is 0 Å². The number of hydrogen-bond donors (Lipinski definition) is 1. The van der Waals surface area contributed by atoms with E-state index in [0.717, 1.165) is 41.9 Å². The first-order valence-corrected chi connectivity index (χ1v) is 8.26. The summed E-state index contributed by atoms with van der Waals surface area (Å²) in [5.41, 5.74) is 2.63. The van der Waals surface area contributed by atoms with Gasteiger partial charge in [0, 0.05) is 12.0 Å². The van der Waals surface area contributed by atoms with Crippen molar-refractivity contribution in [2.75, 3.05) is 0 Å². The summed E-state index contributed by atoms with van der Waals surface area (Å²) in [6.07, 6.45) is 4.13. The Labute approximate surface area is 123 Å². The molecule has 0 amide bonds. The molecular formula is C15H16N2O3S. The van der Waals surface area contributed by atoms with Crippen molar-refractivity contribution < 1.29 is 12.8 Å². The van der Waals surface area contributed by atoms with Crippen molar-refractivity contribution in [3.05, 3.63) is 53.5 Å². The van der Waals surface area contributed by atoms with E-state index in [4.69, 9.17) is 4.42 Å². The fourth-order valence-corrected chi connectivity index (χ4v) is 3.17. The first kappa shape index (κ1) is 13.9. The summed E-state index contributed by atoms with van der Waals surface area (Å²) in [6, 6.07) is 8.49. The van der Waals surface area contributed by atoms with Crippen molar-refractivity contribution in [2.24, 2.45) is 5.10 Å². The summed E-state index contributed by atoms with van der Waals surface area (Å²) < 4.78 is 29.7. The summed E-state index contributed by atoms with van der Waals surface area (Å²) in [7, 11) is -3.63. The van der Waals surface area contributed by atoms with Gasteiger partial charge in [0.2, 0.25) is 0 Å². The van der Waals surface area contributed by atoms with E-state index in [9.17, 15) is 8.42 Å². The van der Waals surface area contributed by atoms with Crippen LogP contribution in [0.3, 0.4) is 0 Å². The highest BCUT2D eigenvalue weighted by atomic mass is 32.2. The molecule has 0 radical (unpaired) electrons. The zero-order valence-electron chi connectivity index (χ0n) is 11.7. The smallest absolute Gasteiger partial charge is 0.276 e. The lowest BCUT2D eigenvalue weighted by molar-refractivity contribution is 0.498. The lowest BCUT2D eigenvalue weighted by Gasteiger charge is -2.13. The highest BCUT2D eigenvalue weighted by molar-refractivity contribution is 7.89. The number of furan rings is 1. The molecular weight excluding hydrogens is 288 g/mol. The van der Waals surface area contributed by atoms with Crippen LogP contribution < -0.4 is 4.83 Å². The van der Waals surface area contributed by atoms with Gasteiger partial charge in [0.05, 0.1) is 16.9 Å². The standard InChI is InChI=1S/C15H16N2O3S/c1-11-5-7-12(8-6-11)21(18,19)17-16-14-3-2-4-15-13(14)9-10-20-15/h5-10,17H,2-4H2,1H3/b16-14-. The lowest BCUT2D eigenvalue weighted by atomic mass is 9.97. The van der Waals surface area contributed by atoms with Crippen LogP contribution in [-0.4, -0.2) is 14.1 Å². The maximum Gasteiger partial charge on any atom is 0.276 e. The first-order valence-electron chi connectivity index (χ1n) is 6.78. The molecule has 1 aliphatic carbocycles. The molecule has 5 nitrogen and oxygen atoms in total. The molecule has 1 aromatic carbocycles. The highest BCUT2D eigenvalue weighted by Crippen LogP contribution is 2.22. The second kappa shape index (κ2) is 5.37. The SMILES string of the molecule is Cc1ccc(S(=O)(=O)N/N=C2/CCCc3occc32)cc1. The monoisotopic (exact) mass is 304 g/mol. The van der Waals surface area contributed by atoms with Crippen LogP contribution in [0.1, 0.15) is 29.7 Å². The van der Waals surface area contributed by atoms with Gasteiger partial charge >= 0.3 is 0 Å². The van der Waals surface area contributed by atoms with Gasteiger partial charge in [-0.15, -0.1) is 0 Å². The molecule has 0 bridgehead atoms. The number of fused-ring (bicyclic) bond motifs is 1. The molecule has 0 spiro atoms. The molecule has 1 N–H and O–H groups in total. The topological polar surface area (TPSA) is 71.7 Å². The number of benzene rings is 1. The van der Waals surface area contributed by atoms with E-state index in [2.05, 4.69) is 9.93 Å². The third-order valence-corrected chi connectivity index (χ3v) is 4.73. The van der Waals surface area contributed by atoms with Crippen LogP contribution in [0.5, 0.6) is 0 Å². The van der Waals surface area contributed by atoms with Gasteiger partial charge in [-0.05, 0) is 38.0 Å². The summed E-state index contributed by atoms with van der Waals surface area (Å²) in [6.45, 7) is 1.91. The average Bonchev–Trinajstić information content (AvgIpc) is 2.94. The maximum absolute atomic E-state index is 12.2. The largest absolute Gasteiger partial charge is 0.469 e. The van der Waals surface area contributed by atoms with Crippen LogP contribution in [0.2, 0.25) is 0 Å². The van der Waals surface area contributed by atoms with E-state index in [-0.39, 0.29) is 4.90 Å². The quantitative estimate of drug-likeness (QED) is 0.886. The lowest BCUT2D eigenvalue weighted by Crippen LogP contribution is -2.22. The molecule has 6 heteroatoms. The highest BCUT2D eigenvalue weighted by Gasteiger charge is 2.19. The van der Waals surface area contributed by atoms with Gasteiger partial charge < -0.3 is 4.42 Å². The summed E-state index contributed by atoms with van der Waals surface area (Å²) in [5.74, 6) is 0.870. The van der Waals surface area contributed by atoms with Gasteiger partial charge in [-0.3, -0.25) is 0 Å². The second-order valence-electron chi connectivity index (χ2n) is 5.08. The van der Waals surface area contributed by atoms with Crippen molar-refractivity contribution >= 4 is 15.7 Å². The molecule has 3 rings (SSSR count). The number of rotatable bonds is 3. The fraction of sp³-hybridized carbons (Fsp3) is 0.267. The molecule has 0 unspecified atom stereocenters. The molecule has 1 aromatic heterocycles. The number of hydrazone groups is 1. The van der Waals surface area contributed by atoms with Crippen LogP contribution in [0.15, 0.2) is 51.0 Å². The van der Waals surface area contributed by atoms with E-state index < -0.39 is 10.0 Å². The Balaban J connectivity index is 1.85. The van der Waals surface area contributed by atoms with Crippen LogP contribution in [-0.2, 0) is 16.4 Å².